The summed E-state index contributed by atoms with van der Waals surface area (Å²) in [4.78, 5) is 6.66. The Bertz CT molecular complexity index is 598. The van der Waals surface area contributed by atoms with E-state index in [4.69, 9.17) is 4.74 Å². The first kappa shape index (κ1) is 14.2. The third-order valence-electron chi connectivity index (χ3n) is 3.90. The van der Waals surface area contributed by atoms with Gasteiger partial charge in [-0.2, -0.15) is 5.10 Å². The third kappa shape index (κ3) is 3.11. The van der Waals surface area contributed by atoms with Gasteiger partial charge in [-0.1, -0.05) is 12.1 Å². The normalized spacial score (nSPS) is 21.4. The second kappa shape index (κ2) is 5.91. The van der Waals surface area contributed by atoms with E-state index in [-0.39, 0.29) is 18.0 Å². The topological polar surface area (TPSA) is 54.0 Å². The van der Waals surface area contributed by atoms with E-state index >= 15 is 0 Å². The third-order valence-corrected chi connectivity index (χ3v) is 3.90. The molecule has 0 unspecified atom stereocenters. The zero-order valence-electron chi connectivity index (χ0n) is 12.2. The van der Waals surface area contributed by atoms with E-state index in [1.165, 1.54) is 12.1 Å². The molecule has 6 heteroatoms. The standard InChI is InChI=1S/C15H19FN4O/c1-10(12-3-5-13(16)6-4-12)20-7-8-21-14(9-20)15-17-11(2)18-19-15/h3-6,10,14H,7-9H2,1-2H3,(H,17,18,19)/t10-,14+/m0/s1. The Balaban J connectivity index is 1.72. The van der Waals surface area contributed by atoms with Gasteiger partial charge in [-0.15, -0.1) is 0 Å². The number of aromatic amines is 1. The van der Waals surface area contributed by atoms with Gasteiger partial charge in [-0.05, 0) is 31.5 Å². The summed E-state index contributed by atoms with van der Waals surface area (Å²) in [6.07, 6.45) is -0.119. The quantitative estimate of drug-likeness (QED) is 0.943. The minimum atomic E-state index is -0.206. The van der Waals surface area contributed by atoms with Crippen LogP contribution in [-0.2, 0) is 4.74 Å². The van der Waals surface area contributed by atoms with Crippen LogP contribution in [0.5, 0.6) is 0 Å². The number of nitrogens with one attached hydrogen (secondary N) is 1. The van der Waals surface area contributed by atoms with Crippen LogP contribution in [0.4, 0.5) is 4.39 Å². The Kier molecular flexibility index (Phi) is 3.98. The minimum absolute atomic E-state index is 0.119. The molecular weight excluding hydrogens is 271 g/mol. The highest BCUT2D eigenvalue weighted by Crippen LogP contribution is 2.27. The molecule has 0 aliphatic carbocycles. The van der Waals surface area contributed by atoms with Crippen molar-refractivity contribution in [1.29, 1.82) is 0 Å². The lowest BCUT2D eigenvalue weighted by molar-refractivity contribution is -0.0470. The molecule has 21 heavy (non-hydrogen) atoms. The number of halogens is 1. The van der Waals surface area contributed by atoms with Crippen LogP contribution in [0.1, 0.15) is 36.3 Å². The molecule has 0 amide bonds. The molecule has 1 aromatic carbocycles. The van der Waals surface area contributed by atoms with Gasteiger partial charge >= 0.3 is 0 Å². The number of hydrogen-bond acceptors (Lipinski definition) is 4. The maximum absolute atomic E-state index is 13.0. The van der Waals surface area contributed by atoms with Gasteiger partial charge < -0.3 is 4.74 Å². The van der Waals surface area contributed by atoms with Gasteiger partial charge in [0.15, 0.2) is 5.82 Å². The van der Waals surface area contributed by atoms with E-state index in [0.717, 1.165) is 24.5 Å². The molecule has 3 rings (SSSR count). The fourth-order valence-electron chi connectivity index (χ4n) is 2.63. The molecule has 5 nitrogen and oxygen atoms in total. The lowest BCUT2D eigenvalue weighted by Gasteiger charge is -2.36. The van der Waals surface area contributed by atoms with E-state index < -0.39 is 0 Å². The zero-order chi connectivity index (χ0) is 14.8. The largest absolute Gasteiger partial charge is 0.367 e. The van der Waals surface area contributed by atoms with Gasteiger partial charge in [-0.3, -0.25) is 10.00 Å². The van der Waals surface area contributed by atoms with Gasteiger partial charge in [0.1, 0.15) is 17.7 Å². The summed E-state index contributed by atoms with van der Waals surface area (Å²) in [5.74, 6) is 1.28. The molecule has 1 aromatic heterocycles. The first-order valence-corrected chi connectivity index (χ1v) is 7.13. The molecule has 112 valence electrons. The number of aromatic nitrogens is 3. The Morgan fingerprint density at radius 2 is 2.14 bits per heavy atom. The van der Waals surface area contributed by atoms with Crippen molar-refractivity contribution in [3.8, 4) is 0 Å². The van der Waals surface area contributed by atoms with E-state index in [2.05, 4.69) is 27.0 Å². The average molecular weight is 290 g/mol. The summed E-state index contributed by atoms with van der Waals surface area (Å²) in [5.41, 5.74) is 1.10. The maximum Gasteiger partial charge on any atom is 0.180 e. The van der Waals surface area contributed by atoms with E-state index in [1.54, 1.807) is 0 Å². The molecule has 1 saturated heterocycles. The summed E-state index contributed by atoms with van der Waals surface area (Å²) >= 11 is 0. The van der Waals surface area contributed by atoms with E-state index in [0.29, 0.717) is 12.4 Å². The molecule has 0 spiro atoms. The van der Waals surface area contributed by atoms with Crippen molar-refractivity contribution in [2.45, 2.75) is 26.0 Å². The van der Waals surface area contributed by atoms with Gasteiger partial charge in [0.2, 0.25) is 0 Å². The van der Waals surface area contributed by atoms with Crippen LogP contribution < -0.4 is 0 Å². The van der Waals surface area contributed by atoms with Gasteiger partial charge in [0.05, 0.1) is 6.61 Å². The van der Waals surface area contributed by atoms with E-state index in [1.807, 2.05) is 19.1 Å². The molecule has 0 bridgehead atoms. The fourth-order valence-corrected chi connectivity index (χ4v) is 2.63. The van der Waals surface area contributed by atoms with Crippen LogP contribution in [0, 0.1) is 12.7 Å². The van der Waals surface area contributed by atoms with Gasteiger partial charge in [0.25, 0.3) is 0 Å². The zero-order valence-corrected chi connectivity index (χ0v) is 12.2. The van der Waals surface area contributed by atoms with E-state index in [9.17, 15) is 4.39 Å². The monoisotopic (exact) mass is 290 g/mol. The van der Waals surface area contributed by atoms with Gasteiger partial charge in [-0.25, -0.2) is 9.37 Å². The Morgan fingerprint density at radius 3 is 2.81 bits per heavy atom. The van der Waals surface area contributed by atoms with Crippen LogP contribution in [-0.4, -0.2) is 39.8 Å². The summed E-state index contributed by atoms with van der Waals surface area (Å²) in [7, 11) is 0. The van der Waals surface area contributed by atoms with Crippen molar-refractivity contribution in [3.63, 3.8) is 0 Å². The first-order valence-electron chi connectivity index (χ1n) is 7.13. The number of nitrogens with zero attached hydrogens (tertiary/aromatic N) is 3. The highest BCUT2D eigenvalue weighted by molar-refractivity contribution is 5.19. The van der Waals surface area contributed by atoms with Crippen molar-refractivity contribution in [2.24, 2.45) is 0 Å². The van der Waals surface area contributed by atoms with Crippen molar-refractivity contribution in [1.82, 2.24) is 20.1 Å². The number of hydrogen-bond donors (Lipinski definition) is 1. The number of ether oxygens (including phenoxy) is 1. The van der Waals surface area contributed by atoms with Crippen molar-refractivity contribution < 1.29 is 9.13 Å². The SMILES string of the molecule is Cc1nc([C@H]2CN([C@@H](C)c3ccc(F)cc3)CCO2)n[nH]1. The number of H-pyrrole nitrogens is 1. The molecule has 1 aliphatic heterocycles. The molecule has 1 aliphatic rings. The molecule has 1 N–H and O–H groups in total. The number of morpholine rings is 1. The average Bonchev–Trinajstić information content (AvgIpc) is 2.94. The summed E-state index contributed by atoms with van der Waals surface area (Å²) < 4.78 is 18.8. The highest BCUT2D eigenvalue weighted by atomic mass is 19.1. The summed E-state index contributed by atoms with van der Waals surface area (Å²) in [5, 5.41) is 7.03. The van der Waals surface area contributed by atoms with Crippen LogP contribution in [0.15, 0.2) is 24.3 Å². The fraction of sp³-hybridized carbons (Fsp3) is 0.467. The second-order valence-corrected chi connectivity index (χ2v) is 5.36. The lowest BCUT2D eigenvalue weighted by Crippen LogP contribution is -2.40. The molecule has 1 fully saturated rings. The number of aryl methyl sites for hydroxylation is 1. The van der Waals surface area contributed by atoms with Crippen molar-refractivity contribution >= 4 is 0 Å². The van der Waals surface area contributed by atoms with Crippen LogP contribution in [0.25, 0.3) is 0 Å². The smallest absolute Gasteiger partial charge is 0.180 e. The molecular formula is C15H19FN4O. The second-order valence-electron chi connectivity index (χ2n) is 5.36. The number of rotatable bonds is 3. The molecule has 0 radical (unpaired) electrons. The molecule has 0 saturated carbocycles. The lowest BCUT2D eigenvalue weighted by atomic mass is 10.1. The highest BCUT2D eigenvalue weighted by Gasteiger charge is 2.28. The van der Waals surface area contributed by atoms with Crippen LogP contribution in [0.3, 0.4) is 0 Å². The molecule has 2 atom stereocenters. The Morgan fingerprint density at radius 1 is 1.38 bits per heavy atom. The Labute approximate surface area is 123 Å². The summed E-state index contributed by atoms with van der Waals surface area (Å²) in [6.45, 7) is 6.22. The minimum Gasteiger partial charge on any atom is -0.367 e. The van der Waals surface area contributed by atoms with Gasteiger partial charge in [0, 0.05) is 19.1 Å². The van der Waals surface area contributed by atoms with Crippen LogP contribution in [0.2, 0.25) is 0 Å². The predicted octanol–water partition coefficient (Wildman–Crippen LogP) is 2.39. The maximum atomic E-state index is 13.0. The van der Waals surface area contributed by atoms with Crippen molar-refractivity contribution in [3.05, 3.63) is 47.3 Å². The van der Waals surface area contributed by atoms with Crippen LogP contribution >= 0.6 is 0 Å². The molecule has 2 heterocycles. The summed E-state index contributed by atoms with van der Waals surface area (Å²) in [6, 6.07) is 6.88. The Hall–Kier alpha value is -1.79. The molecule has 2 aromatic rings. The number of benzene rings is 1. The van der Waals surface area contributed by atoms with Crippen molar-refractivity contribution in [2.75, 3.05) is 19.7 Å². The first-order chi connectivity index (χ1) is 10.1. The predicted molar refractivity (Wildman–Crippen MR) is 76.2 cm³/mol.